The van der Waals surface area contributed by atoms with E-state index in [1.54, 1.807) is 0 Å². The van der Waals surface area contributed by atoms with Crippen molar-refractivity contribution in [3.8, 4) is 0 Å². The van der Waals surface area contributed by atoms with Crippen molar-refractivity contribution in [1.29, 1.82) is 0 Å². The van der Waals surface area contributed by atoms with Crippen LogP contribution < -0.4 is 0 Å². The molecular weight excluding hydrogens is 342 g/mol. The Hall–Kier alpha value is -1.00. The third-order valence-corrected chi connectivity index (χ3v) is 7.66. The van der Waals surface area contributed by atoms with E-state index in [2.05, 4.69) is 43.0 Å². The number of aliphatic hydroxyl groups excluding tert-OH is 1. The Balaban J connectivity index is 1.40. The summed E-state index contributed by atoms with van der Waals surface area (Å²) in [4.78, 5) is 16.1. The fourth-order valence-electron chi connectivity index (χ4n) is 4.90. The van der Waals surface area contributed by atoms with Gasteiger partial charge in [-0.2, -0.15) is 0 Å². The number of hydrogen-bond acceptors (Lipinski definition) is 3. The summed E-state index contributed by atoms with van der Waals surface area (Å²) in [6, 6.07) is 10.5. The summed E-state index contributed by atoms with van der Waals surface area (Å²) in [6.45, 7) is 6.27. The second-order valence-electron chi connectivity index (χ2n) is 8.45. The topological polar surface area (TPSA) is 40.5 Å². The molecular formula is C22H33NO2S. The minimum absolute atomic E-state index is 0.155. The predicted molar refractivity (Wildman–Crippen MR) is 108 cm³/mol. The number of nitrogens with zero attached hydrogens (tertiary/aromatic N) is 1. The largest absolute Gasteiger partial charge is 0.393 e. The van der Waals surface area contributed by atoms with E-state index in [-0.39, 0.29) is 11.5 Å². The normalized spacial score (nSPS) is 31.5. The van der Waals surface area contributed by atoms with Crippen LogP contribution in [0.1, 0.15) is 52.4 Å². The van der Waals surface area contributed by atoms with Crippen molar-refractivity contribution in [2.75, 3.05) is 18.8 Å². The van der Waals surface area contributed by atoms with Gasteiger partial charge in [-0.1, -0.05) is 32.0 Å². The van der Waals surface area contributed by atoms with E-state index in [0.717, 1.165) is 50.9 Å². The fraction of sp³-hybridized carbons (Fsp3) is 0.682. The number of rotatable bonds is 6. The number of carbonyl (C=O) groups excluding carboxylic acids is 1. The zero-order chi connectivity index (χ0) is 18.6. The first-order valence-electron chi connectivity index (χ1n) is 10.1. The van der Waals surface area contributed by atoms with Gasteiger partial charge in [0.15, 0.2) is 0 Å². The smallest absolute Gasteiger partial charge is 0.222 e. The molecule has 2 aliphatic rings. The standard InChI is InChI=1S/C22H33NO2S/c1-17-19-12-14-23(16-22(19,2)13-11-20(17)24)21(25)10-6-7-15-26-18-8-4-3-5-9-18/h3-5,8-9,17,19-20,24H,6-7,10-16H2,1-2H3/t17-,19?,20-,22?/m0/s1. The first kappa shape index (κ1) is 19.8. The van der Waals surface area contributed by atoms with E-state index in [1.165, 1.54) is 4.90 Å². The lowest BCUT2D eigenvalue weighted by Gasteiger charge is -2.53. The molecule has 1 saturated heterocycles. The second kappa shape index (κ2) is 8.79. The van der Waals surface area contributed by atoms with Crippen LogP contribution in [-0.4, -0.2) is 40.9 Å². The van der Waals surface area contributed by atoms with Crippen molar-refractivity contribution < 1.29 is 9.90 Å². The van der Waals surface area contributed by atoms with Crippen molar-refractivity contribution in [2.24, 2.45) is 17.3 Å². The van der Waals surface area contributed by atoms with E-state index in [0.29, 0.717) is 24.2 Å². The van der Waals surface area contributed by atoms with Crippen LogP contribution in [0.15, 0.2) is 35.2 Å². The number of aliphatic hydroxyl groups is 1. The number of unbranched alkanes of at least 4 members (excludes halogenated alkanes) is 1. The molecule has 4 atom stereocenters. The molecule has 1 aliphatic carbocycles. The molecule has 144 valence electrons. The summed E-state index contributed by atoms with van der Waals surface area (Å²) < 4.78 is 0. The number of thioether (sulfide) groups is 1. The van der Waals surface area contributed by atoms with E-state index < -0.39 is 0 Å². The summed E-state index contributed by atoms with van der Waals surface area (Å²) in [7, 11) is 0. The lowest BCUT2D eigenvalue weighted by atomic mass is 9.59. The minimum Gasteiger partial charge on any atom is -0.393 e. The van der Waals surface area contributed by atoms with Crippen LogP contribution in [0.5, 0.6) is 0 Å². The Labute approximate surface area is 162 Å². The first-order chi connectivity index (χ1) is 12.5. The number of benzene rings is 1. The molecule has 0 aromatic heterocycles. The van der Waals surface area contributed by atoms with Gasteiger partial charge in [0.2, 0.25) is 5.91 Å². The molecule has 2 fully saturated rings. The van der Waals surface area contributed by atoms with Gasteiger partial charge < -0.3 is 10.0 Å². The quantitative estimate of drug-likeness (QED) is 0.584. The van der Waals surface area contributed by atoms with Crippen LogP contribution >= 0.6 is 11.8 Å². The van der Waals surface area contributed by atoms with Gasteiger partial charge in [-0.3, -0.25) is 4.79 Å². The monoisotopic (exact) mass is 375 g/mol. The molecule has 3 rings (SSSR count). The molecule has 3 nitrogen and oxygen atoms in total. The number of fused-ring (bicyclic) bond motifs is 1. The zero-order valence-electron chi connectivity index (χ0n) is 16.2. The lowest BCUT2D eigenvalue weighted by molar-refractivity contribution is -0.141. The maximum absolute atomic E-state index is 12.7. The maximum Gasteiger partial charge on any atom is 0.222 e. The predicted octanol–water partition coefficient (Wildman–Crippen LogP) is 4.59. The Morgan fingerprint density at radius 3 is 2.81 bits per heavy atom. The number of carbonyl (C=O) groups is 1. The Morgan fingerprint density at radius 1 is 1.27 bits per heavy atom. The van der Waals surface area contributed by atoms with Crippen molar-refractivity contribution in [2.45, 2.75) is 63.4 Å². The van der Waals surface area contributed by atoms with E-state index in [9.17, 15) is 9.90 Å². The van der Waals surface area contributed by atoms with Crippen molar-refractivity contribution in [1.82, 2.24) is 4.90 Å². The van der Waals surface area contributed by atoms with Gasteiger partial charge in [-0.05, 0) is 67.2 Å². The SMILES string of the molecule is C[C@H]1C2CCN(C(=O)CCCCSc3ccccc3)CC2(C)CC[C@@H]1O. The molecule has 26 heavy (non-hydrogen) atoms. The first-order valence-corrected chi connectivity index (χ1v) is 11.1. The highest BCUT2D eigenvalue weighted by molar-refractivity contribution is 7.99. The zero-order valence-corrected chi connectivity index (χ0v) is 17.0. The number of piperidine rings is 1. The average molecular weight is 376 g/mol. The van der Waals surface area contributed by atoms with Crippen LogP contribution in [0.4, 0.5) is 0 Å². The molecule has 4 heteroatoms. The van der Waals surface area contributed by atoms with E-state index in [1.807, 2.05) is 17.8 Å². The molecule has 1 aliphatic heterocycles. The minimum atomic E-state index is -0.155. The van der Waals surface area contributed by atoms with Crippen LogP contribution in [0.3, 0.4) is 0 Å². The Kier molecular flexibility index (Phi) is 6.68. The number of hydrogen-bond donors (Lipinski definition) is 1. The lowest BCUT2D eigenvalue weighted by Crippen LogP contribution is -2.55. The molecule has 2 unspecified atom stereocenters. The second-order valence-corrected chi connectivity index (χ2v) is 9.62. The fourth-order valence-corrected chi connectivity index (χ4v) is 5.84. The highest BCUT2D eigenvalue weighted by Gasteiger charge is 2.47. The summed E-state index contributed by atoms with van der Waals surface area (Å²) in [5.41, 5.74) is 0.190. The van der Waals surface area contributed by atoms with Gasteiger partial charge in [0, 0.05) is 24.4 Å². The van der Waals surface area contributed by atoms with Gasteiger partial charge in [-0.15, -0.1) is 11.8 Å². The van der Waals surface area contributed by atoms with Gasteiger partial charge >= 0.3 is 0 Å². The summed E-state index contributed by atoms with van der Waals surface area (Å²) >= 11 is 1.87. The van der Waals surface area contributed by atoms with Crippen LogP contribution in [-0.2, 0) is 4.79 Å². The number of likely N-dealkylation sites (tertiary alicyclic amines) is 1. The Bertz CT molecular complexity index is 593. The summed E-state index contributed by atoms with van der Waals surface area (Å²) in [6.07, 6.45) is 5.55. The van der Waals surface area contributed by atoms with Crippen molar-refractivity contribution in [3.05, 3.63) is 30.3 Å². The van der Waals surface area contributed by atoms with Crippen molar-refractivity contribution in [3.63, 3.8) is 0 Å². The molecule has 0 bridgehead atoms. The van der Waals surface area contributed by atoms with Crippen LogP contribution in [0.2, 0.25) is 0 Å². The molecule has 1 heterocycles. The molecule has 0 spiro atoms. The van der Waals surface area contributed by atoms with Gasteiger partial charge in [0.05, 0.1) is 6.10 Å². The third kappa shape index (κ3) is 4.64. The van der Waals surface area contributed by atoms with Gasteiger partial charge in [0.25, 0.3) is 0 Å². The third-order valence-electron chi connectivity index (χ3n) is 6.56. The molecule has 1 N–H and O–H groups in total. The molecule has 1 saturated carbocycles. The number of amides is 1. The summed E-state index contributed by atoms with van der Waals surface area (Å²) in [5.74, 6) is 2.32. The summed E-state index contributed by atoms with van der Waals surface area (Å²) in [5, 5.41) is 10.2. The van der Waals surface area contributed by atoms with Gasteiger partial charge in [0.1, 0.15) is 0 Å². The molecule has 1 amide bonds. The Morgan fingerprint density at radius 2 is 2.04 bits per heavy atom. The van der Waals surface area contributed by atoms with E-state index >= 15 is 0 Å². The van der Waals surface area contributed by atoms with Crippen LogP contribution in [0, 0.1) is 17.3 Å². The van der Waals surface area contributed by atoms with Gasteiger partial charge in [-0.25, -0.2) is 0 Å². The molecule has 0 radical (unpaired) electrons. The average Bonchev–Trinajstić information content (AvgIpc) is 2.65. The maximum atomic E-state index is 12.7. The highest BCUT2D eigenvalue weighted by atomic mass is 32.2. The highest BCUT2D eigenvalue weighted by Crippen LogP contribution is 2.48. The van der Waals surface area contributed by atoms with E-state index in [4.69, 9.17) is 0 Å². The van der Waals surface area contributed by atoms with Crippen molar-refractivity contribution >= 4 is 17.7 Å². The van der Waals surface area contributed by atoms with Crippen LogP contribution in [0.25, 0.3) is 0 Å². The molecule has 1 aromatic carbocycles. The molecule has 1 aromatic rings.